The summed E-state index contributed by atoms with van der Waals surface area (Å²) in [7, 11) is -1.84. The average molecular weight is 294 g/mol. The molecule has 0 amide bonds. The molecule has 0 saturated carbocycles. The molecule has 2 rings (SSSR count). The van der Waals surface area contributed by atoms with Crippen LogP contribution in [0.1, 0.15) is 16.8 Å². The maximum Gasteiger partial charge on any atom is 0.243 e. The minimum Gasteiger partial charge on any atom is -0.398 e. The average Bonchev–Trinajstić information content (AvgIpc) is 2.65. The molecule has 7 heteroatoms. The molecular formula is C13H18N4O2S. The lowest BCUT2D eigenvalue weighted by Gasteiger charge is -2.11. The molecule has 0 radical (unpaired) electrons. The van der Waals surface area contributed by atoms with Crippen LogP contribution in [-0.2, 0) is 23.6 Å². The number of benzene rings is 1. The van der Waals surface area contributed by atoms with Crippen LogP contribution >= 0.6 is 0 Å². The van der Waals surface area contributed by atoms with Crippen LogP contribution in [0.25, 0.3) is 0 Å². The zero-order valence-electron chi connectivity index (χ0n) is 11.7. The quantitative estimate of drug-likeness (QED) is 0.826. The summed E-state index contributed by atoms with van der Waals surface area (Å²) in [5.74, 6) is 0. The topological polar surface area (TPSA) is 90.0 Å². The van der Waals surface area contributed by atoms with Gasteiger partial charge in [-0.25, -0.2) is 13.1 Å². The molecular weight excluding hydrogens is 276 g/mol. The summed E-state index contributed by atoms with van der Waals surface area (Å²) in [6.45, 7) is 3.75. The zero-order valence-corrected chi connectivity index (χ0v) is 12.5. The van der Waals surface area contributed by atoms with Crippen LogP contribution in [0.5, 0.6) is 0 Å². The number of anilines is 1. The van der Waals surface area contributed by atoms with Gasteiger partial charge in [0.25, 0.3) is 0 Å². The molecule has 20 heavy (non-hydrogen) atoms. The van der Waals surface area contributed by atoms with Crippen molar-refractivity contribution in [2.24, 2.45) is 7.05 Å². The van der Waals surface area contributed by atoms with Gasteiger partial charge in [-0.2, -0.15) is 5.10 Å². The first-order valence-corrected chi connectivity index (χ1v) is 7.63. The number of hydrogen-bond acceptors (Lipinski definition) is 4. The minimum absolute atomic E-state index is 0.140. The van der Waals surface area contributed by atoms with Crippen LogP contribution in [0.4, 0.5) is 5.69 Å². The Balaban J connectivity index is 2.26. The van der Waals surface area contributed by atoms with Crippen molar-refractivity contribution in [3.05, 3.63) is 41.2 Å². The molecule has 0 saturated heterocycles. The van der Waals surface area contributed by atoms with Crippen molar-refractivity contribution in [3.8, 4) is 0 Å². The van der Waals surface area contributed by atoms with E-state index in [2.05, 4.69) is 9.82 Å². The van der Waals surface area contributed by atoms with E-state index in [0.29, 0.717) is 5.56 Å². The van der Waals surface area contributed by atoms with E-state index in [4.69, 9.17) is 5.73 Å². The highest BCUT2D eigenvalue weighted by Gasteiger charge is 2.20. The first-order valence-electron chi connectivity index (χ1n) is 6.15. The summed E-state index contributed by atoms with van der Waals surface area (Å²) in [5.41, 5.74) is 8.29. The Morgan fingerprint density at radius 3 is 2.60 bits per heavy atom. The SMILES string of the molecule is Cc1cccc(N)c1S(=O)(=O)NCc1cn(C)nc1C. The van der Waals surface area contributed by atoms with Crippen LogP contribution < -0.4 is 10.5 Å². The second-order valence-corrected chi connectivity index (χ2v) is 6.44. The van der Waals surface area contributed by atoms with Crippen molar-refractivity contribution >= 4 is 15.7 Å². The molecule has 1 aromatic heterocycles. The van der Waals surface area contributed by atoms with Gasteiger partial charge < -0.3 is 5.73 Å². The fourth-order valence-corrected chi connectivity index (χ4v) is 3.47. The number of nitrogens with two attached hydrogens (primary N) is 1. The number of nitrogens with zero attached hydrogens (tertiary/aromatic N) is 2. The predicted octanol–water partition coefficient (Wildman–Crippen LogP) is 1.10. The third-order valence-electron chi connectivity index (χ3n) is 3.08. The lowest BCUT2D eigenvalue weighted by Crippen LogP contribution is -2.25. The maximum absolute atomic E-state index is 12.3. The van der Waals surface area contributed by atoms with Gasteiger partial charge in [0.15, 0.2) is 0 Å². The molecule has 3 N–H and O–H groups in total. The van der Waals surface area contributed by atoms with Crippen LogP contribution in [0, 0.1) is 13.8 Å². The fraction of sp³-hybridized carbons (Fsp3) is 0.308. The van der Waals surface area contributed by atoms with E-state index < -0.39 is 10.0 Å². The Morgan fingerprint density at radius 2 is 2.05 bits per heavy atom. The van der Waals surface area contributed by atoms with Crippen LogP contribution in [0.15, 0.2) is 29.3 Å². The van der Waals surface area contributed by atoms with Gasteiger partial charge in [-0.15, -0.1) is 0 Å². The molecule has 0 spiro atoms. The Kier molecular flexibility index (Phi) is 3.82. The van der Waals surface area contributed by atoms with E-state index in [9.17, 15) is 8.42 Å². The Bertz CT molecular complexity index is 715. The number of nitrogens with one attached hydrogen (secondary N) is 1. The van der Waals surface area contributed by atoms with E-state index in [0.717, 1.165) is 11.3 Å². The molecule has 108 valence electrons. The number of rotatable bonds is 4. The molecule has 0 unspecified atom stereocenters. The molecule has 0 aliphatic rings. The van der Waals surface area contributed by atoms with Crippen molar-refractivity contribution in [1.82, 2.24) is 14.5 Å². The monoisotopic (exact) mass is 294 g/mol. The zero-order chi connectivity index (χ0) is 14.9. The van der Waals surface area contributed by atoms with Gasteiger partial charge in [0.1, 0.15) is 4.90 Å². The molecule has 2 aromatic rings. The van der Waals surface area contributed by atoms with E-state index in [-0.39, 0.29) is 17.1 Å². The number of aryl methyl sites for hydroxylation is 3. The molecule has 0 fully saturated rings. The van der Waals surface area contributed by atoms with E-state index in [1.54, 1.807) is 43.0 Å². The highest BCUT2D eigenvalue weighted by atomic mass is 32.2. The summed E-state index contributed by atoms with van der Waals surface area (Å²) in [4.78, 5) is 0.140. The van der Waals surface area contributed by atoms with Gasteiger partial charge in [-0.1, -0.05) is 12.1 Å². The molecule has 6 nitrogen and oxygen atoms in total. The van der Waals surface area contributed by atoms with Gasteiger partial charge in [-0.3, -0.25) is 4.68 Å². The van der Waals surface area contributed by atoms with Gasteiger partial charge in [0, 0.05) is 25.4 Å². The Morgan fingerprint density at radius 1 is 1.35 bits per heavy atom. The largest absolute Gasteiger partial charge is 0.398 e. The van der Waals surface area contributed by atoms with Gasteiger partial charge in [0.05, 0.1) is 11.4 Å². The number of hydrogen-bond donors (Lipinski definition) is 2. The van der Waals surface area contributed by atoms with Gasteiger partial charge in [0.2, 0.25) is 10.0 Å². The smallest absolute Gasteiger partial charge is 0.243 e. The molecule has 1 heterocycles. The van der Waals surface area contributed by atoms with Crippen LogP contribution in [0.2, 0.25) is 0 Å². The fourth-order valence-electron chi connectivity index (χ4n) is 2.11. The lowest BCUT2D eigenvalue weighted by molar-refractivity contribution is 0.581. The first-order chi connectivity index (χ1) is 9.31. The summed E-state index contributed by atoms with van der Waals surface area (Å²) >= 11 is 0. The number of aromatic nitrogens is 2. The molecule has 1 aromatic carbocycles. The molecule has 0 atom stereocenters. The van der Waals surface area contributed by atoms with Crippen LogP contribution in [0.3, 0.4) is 0 Å². The second kappa shape index (κ2) is 5.26. The van der Waals surface area contributed by atoms with E-state index in [1.807, 2.05) is 6.92 Å². The molecule has 0 aliphatic heterocycles. The summed E-state index contributed by atoms with van der Waals surface area (Å²) in [6, 6.07) is 5.03. The summed E-state index contributed by atoms with van der Waals surface area (Å²) < 4.78 is 28.9. The third kappa shape index (κ3) is 2.83. The number of sulfonamides is 1. The summed E-state index contributed by atoms with van der Waals surface area (Å²) in [5, 5.41) is 4.18. The second-order valence-electron chi connectivity index (χ2n) is 4.73. The minimum atomic E-state index is -3.64. The highest BCUT2D eigenvalue weighted by molar-refractivity contribution is 7.89. The third-order valence-corrected chi connectivity index (χ3v) is 4.70. The number of nitrogen functional groups attached to an aromatic ring is 1. The Hall–Kier alpha value is -1.86. The van der Waals surface area contributed by atoms with Crippen molar-refractivity contribution in [2.75, 3.05) is 5.73 Å². The Labute approximate surface area is 118 Å². The lowest BCUT2D eigenvalue weighted by atomic mass is 10.2. The highest BCUT2D eigenvalue weighted by Crippen LogP contribution is 2.22. The van der Waals surface area contributed by atoms with Crippen molar-refractivity contribution in [3.63, 3.8) is 0 Å². The maximum atomic E-state index is 12.3. The van der Waals surface area contributed by atoms with Gasteiger partial charge in [-0.05, 0) is 25.5 Å². The first kappa shape index (κ1) is 14.5. The van der Waals surface area contributed by atoms with Crippen molar-refractivity contribution in [1.29, 1.82) is 0 Å². The van der Waals surface area contributed by atoms with E-state index >= 15 is 0 Å². The van der Waals surface area contributed by atoms with Crippen molar-refractivity contribution < 1.29 is 8.42 Å². The van der Waals surface area contributed by atoms with E-state index in [1.165, 1.54) is 0 Å². The molecule has 0 aliphatic carbocycles. The standard InChI is InChI=1S/C13H18N4O2S/c1-9-5-4-6-12(14)13(9)20(18,19)15-7-11-8-17(3)16-10(11)2/h4-6,8,15H,7,14H2,1-3H3. The predicted molar refractivity (Wildman–Crippen MR) is 77.6 cm³/mol. The van der Waals surface area contributed by atoms with Crippen LogP contribution in [-0.4, -0.2) is 18.2 Å². The van der Waals surface area contributed by atoms with Gasteiger partial charge >= 0.3 is 0 Å². The van der Waals surface area contributed by atoms with Crippen molar-refractivity contribution in [2.45, 2.75) is 25.3 Å². The normalized spacial score (nSPS) is 11.8. The molecule has 0 bridgehead atoms. The summed E-state index contributed by atoms with van der Waals surface area (Å²) in [6.07, 6.45) is 1.79.